The van der Waals surface area contributed by atoms with Gasteiger partial charge in [0.15, 0.2) is 0 Å². The predicted molar refractivity (Wildman–Crippen MR) is 72.0 cm³/mol. The van der Waals surface area contributed by atoms with E-state index in [1.54, 1.807) is 12.1 Å². The van der Waals surface area contributed by atoms with Crippen LogP contribution in [-0.4, -0.2) is 31.1 Å². The van der Waals surface area contributed by atoms with Crippen molar-refractivity contribution >= 4 is 5.69 Å². The molecule has 0 aliphatic heterocycles. The first kappa shape index (κ1) is 14.5. The van der Waals surface area contributed by atoms with Gasteiger partial charge >= 0.3 is 0 Å². The van der Waals surface area contributed by atoms with Crippen molar-refractivity contribution in [2.45, 2.75) is 26.3 Å². The topological polar surface area (TPSA) is 39.1 Å². The third-order valence-corrected chi connectivity index (χ3v) is 2.98. The van der Waals surface area contributed by atoms with Gasteiger partial charge in [0.2, 0.25) is 0 Å². The molecule has 3 nitrogen and oxygen atoms in total. The Labute approximate surface area is 108 Å². The lowest BCUT2D eigenvalue weighted by Gasteiger charge is -2.20. The third kappa shape index (κ3) is 4.34. The molecule has 0 saturated carbocycles. The van der Waals surface area contributed by atoms with Crippen LogP contribution in [0.25, 0.3) is 0 Å². The molecule has 0 aliphatic rings. The zero-order valence-corrected chi connectivity index (χ0v) is 11.2. The van der Waals surface area contributed by atoms with Gasteiger partial charge < -0.3 is 10.2 Å². The molecule has 0 fully saturated rings. The van der Waals surface area contributed by atoms with Crippen molar-refractivity contribution in [3.8, 4) is 6.07 Å². The first-order valence-corrected chi connectivity index (χ1v) is 6.18. The molecule has 4 heteroatoms. The standard InChI is InChI=1S/C14H20FN3/c1-11(2)18(3)8-4-7-17-14-6-5-12(10-16)9-13(14)15/h5-6,9,11,17H,4,7-8H2,1-3H3. The van der Waals surface area contributed by atoms with E-state index in [0.29, 0.717) is 17.3 Å². The second-order valence-corrected chi connectivity index (χ2v) is 4.66. The Morgan fingerprint density at radius 3 is 2.72 bits per heavy atom. The predicted octanol–water partition coefficient (Wildman–Crippen LogP) is 2.84. The molecule has 0 unspecified atom stereocenters. The number of benzene rings is 1. The maximum Gasteiger partial charge on any atom is 0.147 e. The van der Waals surface area contributed by atoms with Crippen molar-refractivity contribution in [1.82, 2.24) is 4.90 Å². The normalized spacial score (nSPS) is 10.7. The maximum atomic E-state index is 13.5. The summed E-state index contributed by atoms with van der Waals surface area (Å²) in [5.74, 6) is -0.369. The zero-order chi connectivity index (χ0) is 13.5. The lowest BCUT2D eigenvalue weighted by Crippen LogP contribution is -2.28. The summed E-state index contributed by atoms with van der Waals surface area (Å²) in [7, 11) is 2.08. The van der Waals surface area contributed by atoms with Crippen LogP contribution in [0.3, 0.4) is 0 Å². The fraction of sp³-hybridized carbons (Fsp3) is 0.500. The molecular formula is C14H20FN3. The summed E-state index contributed by atoms with van der Waals surface area (Å²) in [6, 6.07) is 6.92. The van der Waals surface area contributed by atoms with Crippen LogP contribution in [-0.2, 0) is 0 Å². The lowest BCUT2D eigenvalue weighted by molar-refractivity contribution is 0.273. The summed E-state index contributed by atoms with van der Waals surface area (Å²) >= 11 is 0. The highest BCUT2D eigenvalue weighted by molar-refractivity contribution is 5.48. The molecule has 0 atom stereocenters. The van der Waals surface area contributed by atoms with Crippen LogP contribution >= 0.6 is 0 Å². The van der Waals surface area contributed by atoms with Crippen molar-refractivity contribution in [3.63, 3.8) is 0 Å². The summed E-state index contributed by atoms with van der Waals surface area (Å²) < 4.78 is 13.5. The minimum Gasteiger partial charge on any atom is -0.383 e. The lowest BCUT2D eigenvalue weighted by atomic mass is 10.2. The molecule has 0 amide bonds. The number of hydrogen-bond acceptors (Lipinski definition) is 3. The minimum absolute atomic E-state index is 0.345. The van der Waals surface area contributed by atoms with E-state index in [9.17, 15) is 4.39 Å². The van der Waals surface area contributed by atoms with Crippen LogP contribution in [0.15, 0.2) is 18.2 Å². The maximum absolute atomic E-state index is 13.5. The first-order chi connectivity index (χ1) is 8.54. The first-order valence-electron chi connectivity index (χ1n) is 6.18. The van der Waals surface area contributed by atoms with Gasteiger partial charge in [-0.3, -0.25) is 0 Å². The average molecular weight is 249 g/mol. The second kappa shape index (κ2) is 6.97. The van der Waals surface area contributed by atoms with Gasteiger partial charge in [-0.25, -0.2) is 4.39 Å². The number of nitrogens with zero attached hydrogens (tertiary/aromatic N) is 2. The van der Waals surface area contributed by atoms with Crippen LogP contribution in [0.5, 0.6) is 0 Å². The van der Waals surface area contributed by atoms with E-state index in [4.69, 9.17) is 5.26 Å². The van der Waals surface area contributed by atoms with Crippen LogP contribution in [0.2, 0.25) is 0 Å². The highest BCUT2D eigenvalue weighted by atomic mass is 19.1. The van der Waals surface area contributed by atoms with Crippen LogP contribution in [0.4, 0.5) is 10.1 Å². The van der Waals surface area contributed by atoms with E-state index in [1.165, 1.54) is 6.07 Å². The van der Waals surface area contributed by atoms with Gasteiger partial charge in [0.05, 0.1) is 17.3 Å². The zero-order valence-electron chi connectivity index (χ0n) is 11.2. The number of anilines is 1. The van der Waals surface area contributed by atoms with Crippen LogP contribution in [0, 0.1) is 17.1 Å². The quantitative estimate of drug-likeness (QED) is 0.788. The molecule has 0 spiro atoms. The van der Waals surface area contributed by atoms with Crippen LogP contribution in [0.1, 0.15) is 25.8 Å². The second-order valence-electron chi connectivity index (χ2n) is 4.66. The number of halogens is 1. The van der Waals surface area contributed by atoms with Crippen molar-refractivity contribution in [2.75, 3.05) is 25.5 Å². The van der Waals surface area contributed by atoms with Gasteiger partial charge in [0.25, 0.3) is 0 Å². The van der Waals surface area contributed by atoms with Gasteiger partial charge in [-0.1, -0.05) is 0 Å². The molecule has 98 valence electrons. The molecular weight excluding hydrogens is 229 g/mol. The summed E-state index contributed by atoms with van der Waals surface area (Å²) in [6.45, 7) is 5.99. The number of hydrogen-bond donors (Lipinski definition) is 1. The molecule has 0 heterocycles. The Bertz CT molecular complexity index is 424. The monoisotopic (exact) mass is 249 g/mol. The Balaban J connectivity index is 2.38. The van der Waals surface area contributed by atoms with Gasteiger partial charge in [0.1, 0.15) is 5.82 Å². The molecule has 0 radical (unpaired) electrons. The molecule has 1 rings (SSSR count). The summed E-state index contributed by atoms with van der Waals surface area (Å²) in [6.07, 6.45) is 0.953. The number of rotatable bonds is 6. The molecule has 0 bridgehead atoms. The molecule has 18 heavy (non-hydrogen) atoms. The molecule has 0 saturated heterocycles. The Morgan fingerprint density at radius 2 is 2.17 bits per heavy atom. The minimum atomic E-state index is -0.369. The van der Waals surface area contributed by atoms with E-state index in [-0.39, 0.29) is 5.82 Å². The number of nitrogens with one attached hydrogen (secondary N) is 1. The molecule has 0 aromatic heterocycles. The average Bonchev–Trinajstić information content (AvgIpc) is 2.35. The highest BCUT2D eigenvalue weighted by Gasteiger charge is 2.04. The molecule has 1 aromatic carbocycles. The van der Waals surface area contributed by atoms with Crippen molar-refractivity contribution in [3.05, 3.63) is 29.6 Å². The smallest absolute Gasteiger partial charge is 0.147 e. The van der Waals surface area contributed by atoms with Gasteiger partial charge in [-0.05, 0) is 52.1 Å². The molecule has 1 aromatic rings. The van der Waals surface area contributed by atoms with E-state index in [2.05, 4.69) is 31.1 Å². The van der Waals surface area contributed by atoms with Gasteiger partial charge in [-0.15, -0.1) is 0 Å². The Kier molecular flexibility index (Phi) is 5.60. The highest BCUT2D eigenvalue weighted by Crippen LogP contribution is 2.15. The largest absolute Gasteiger partial charge is 0.383 e. The van der Waals surface area contributed by atoms with E-state index < -0.39 is 0 Å². The fourth-order valence-corrected chi connectivity index (χ4v) is 1.54. The SMILES string of the molecule is CC(C)N(C)CCCNc1ccc(C#N)cc1F. The Morgan fingerprint density at radius 1 is 1.44 bits per heavy atom. The van der Waals surface area contributed by atoms with Crippen LogP contribution < -0.4 is 5.32 Å². The van der Waals surface area contributed by atoms with Gasteiger partial charge in [-0.2, -0.15) is 5.26 Å². The van der Waals surface area contributed by atoms with E-state index in [0.717, 1.165) is 19.5 Å². The van der Waals surface area contributed by atoms with E-state index in [1.807, 2.05) is 6.07 Å². The fourth-order valence-electron chi connectivity index (χ4n) is 1.54. The van der Waals surface area contributed by atoms with Crippen molar-refractivity contribution in [2.24, 2.45) is 0 Å². The number of nitriles is 1. The summed E-state index contributed by atoms with van der Waals surface area (Å²) in [4.78, 5) is 2.25. The van der Waals surface area contributed by atoms with E-state index >= 15 is 0 Å². The summed E-state index contributed by atoms with van der Waals surface area (Å²) in [5, 5.41) is 11.7. The van der Waals surface area contributed by atoms with Gasteiger partial charge in [0, 0.05) is 12.6 Å². The molecule has 0 aliphatic carbocycles. The van der Waals surface area contributed by atoms with Crippen molar-refractivity contribution in [1.29, 1.82) is 5.26 Å². The van der Waals surface area contributed by atoms with Crippen molar-refractivity contribution < 1.29 is 4.39 Å². The summed E-state index contributed by atoms with van der Waals surface area (Å²) in [5.41, 5.74) is 0.804. The third-order valence-electron chi connectivity index (χ3n) is 2.98. The molecule has 1 N–H and O–H groups in total. The Hall–Kier alpha value is -1.60.